The summed E-state index contributed by atoms with van der Waals surface area (Å²) in [6.45, 7) is 7.74. The highest BCUT2D eigenvalue weighted by Gasteiger charge is 2.41. The quantitative estimate of drug-likeness (QED) is 0.837. The van der Waals surface area contributed by atoms with Gasteiger partial charge >= 0.3 is 0 Å². The van der Waals surface area contributed by atoms with Crippen molar-refractivity contribution in [3.05, 3.63) is 33.8 Å². The second kappa shape index (κ2) is 4.93. The molecule has 1 aromatic carbocycles. The van der Waals surface area contributed by atoms with Crippen LogP contribution in [0.1, 0.15) is 33.3 Å². The molecule has 1 amide bonds. The Morgan fingerprint density at radius 1 is 1.25 bits per heavy atom. The monoisotopic (exact) mass is 313 g/mol. The highest BCUT2D eigenvalue weighted by Crippen LogP contribution is 2.33. The number of halogens is 2. The first-order valence-electron chi connectivity index (χ1n) is 6.27. The van der Waals surface area contributed by atoms with Crippen LogP contribution in [0.3, 0.4) is 0 Å². The van der Waals surface area contributed by atoms with Crippen molar-refractivity contribution in [3.8, 4) is 0 Å². The number of aliphatic imine (C=N–C) groups is 1. The van der Waals surface area contributed by atoms with Crippen LogP contribution >= 0.6 is 23.2 Å². The van der Waals surface area contributed by atoms with Gasteiger partial charge < -0.3 is 5.32 Å². The third-order valence-electron chi connectivity index (χ3n) is 2.98. The summed E-state index contributed by atoms with van der Waals surface area (Å²) < 4.78 is 0. The molecule has 1 heterocycles. The van der Waals surface area contributed by atoms with Crippen LogP contribution in [0.25, 0.3) is 0 Å². The van der Waals surface area contributed by atoms with Crippen molar-refractivity contribution in [2.75, 3.05) is 0 Å². The smallest absolute Gasteiger partial charge is 0.259 e. The third-order valence-corrected chi connectivity index (χ3v) is 3.72. The highest BCUT2D eigenvalue weighted by molar-refractivity contribution is 6.42. The molecular weight excluding hydrogens is 297 g/mol. The van der Waals surface area contributed by atoms with Crippen LogP contribution in [-0.4, -0.2) is 17.4 Å². The molecule has 6 heteroatoms. The Morgan fingerprint density at radius 2 is 1.90 bits per heavy atom. The highest BCUT2D eigenvalue weighted by atomic mass is 35.5. The van der Waals surface area contributed by atoms with Gasteiger partial charge in [0, 0.05) is 5.54 Å². The first-order chi connectivity index (χ1) is 9.12. The molecule has 0 aliphatic carbocycles. The molecule has 1 unspecified atom stereocenters. The Kier molecular flexibility index (Phi) is 3.73. The molecule has 0 saturated heterocycles. The zero-order valence-corrected chi connectivity index (χ0v) is 13.4. The molecule has 4 nitrogen and oxygen atoms in total. The summed E-state index contributed by atoms with van der Waals surface area (Å²) in [6, 6.07) is 5.10. The molecule has 0 aromatic heterocycles. The van der Waals surface area contributed by atoms with E-state index in [9.17, 15) is 4.79 Å². The molecule has 2 rings (SSSR count). The third kappa shape index (κ3) is 2.91. The second-order valence-corrected chi connectivity index (χ2v) is 6.81. The molecule has 2 N–H and O–H groups in total. The van der Waals surface area contributed by atoms with Gasteiger partial charge in [0.25, 0.3) is 5.91 Å². The first-order valence-corrected chi connectivity index (χ1v) is 7.02. The van der Waals surface area contributed by atoms with Crippen molar-refractivity contribution < 1.29 is 4.79 Å². The molecule has 108 valence electrons. The standard InChI is InChI=1S/C14H17Cl2N3O/c1-13(2,3)18-12-17-11(20)14(4,19-12)8-5-6-9(15)10(16)7-8/h5-7H,1-4H3,(H2,17,18,19,20). The predicted molar refractivity (Wildman–Crippen MR) is 82.3 cm³/mol. The lowest BCUT2D eigenvalue weighted by molar-refractivity contribution is -0.123. The van der Waals surface area contributed by atoms with Gasteiger partial charge in [-0.1, -0.05) is 29.3 Å². The van der Waals surface area contributed by atoms with Gasteiger partial charge in [0.05, 0.1) is 10.0 Å². The largest absolute Gasteiger partial charge is 0.351 e. The first kappa shape index (κ1) is 15.1. The van der Waals surface area contributed by atoms with Crippen LogP contribution in [-0.2, 0) is 10.3 Å². The molecule has 0 saturated carbocycles. The van der Waals surface area contributed by atoms with Gasteiger partial charge in [-0.3, -0.25) is 10.1 Å². The Morgan fingerprint density at radius 3 is 2.45 bits per heavy atom. The number of rotatable bonds is 1. The summed E-state index contributed by atoms with van der Waals surface area (Å²) in [5.41, 5.74) is -0.480. The molecule has 1 aliphatic rings. The molecular formula is C14H17Cl2N3O. The van der Waals surface area contributed by atoms with E-state index in [1.807, 2.05) is 20.8 Å². The fraction of sp³-hybridized carbons (Fsp3) is 0.429. The number of nitrogens with one attached hydrogen (secondary N) is 2. The van der Waals surface area contributed by atoms with Crippen LogP contribution in [0.15, 0.2) is 23.2 Å². The Labute approximate surface area is 128 Å². The summed E-state index contributed by atoms with van der Waals surface area (Å²) in [5.74, 6) is 0.277. The molecule has 0 fully saturated rings. The van der Waals surface area contributed by atoms with E-state index < -0.39 is 5.54 Å². The van der Waals surface area contributed by atoms with Gasteiger partial charge in [-0.2, -0.15) is 0 Å². The number of carbonyl (C=O) groups is 1. The van der Waals surface area contributed by atoms with Gasteiger partial charge in [-0.05, 0) is 45.4 Å². The number of hydrogen-bond donors (Lipinski definition) is 2. The maximum absolute atomic E-state index is 12.2. The normalized spacial score (nSPS) is 22.5. The van der Waals surface area contributed by atoms with E-state index >= 15 is 0 Å². The molecule has 20 heavy (non-hydrogen) atoms. The number of guanidine groups is 1. The fourth-order valence-electron chi connectivity index (χ4n) is 1.94. The summed E-state index contributed by atoms with van der Waals surface area (Å²) in [5, 5.41) is 6.78. The van der Waals surface area contributed by atoms with Crippen molar-refractivity contribution in [1.29, 1.82) is 0 Å². The van der Waals surface area contributed by atoms with E-state index in [1.54, 1.807) is 25.1 Å². The van der Waals surface area contributed by atoms with Crippen LogP contribution in [0.2, 0.25) is 10.0 Å². The van der Waals surface area contributed by atoms with Crippen LogP contribution in [0.5, 0.6) is 0 Å². The van der Waals surface area contributed by atoms with Crippen LogP contribution in [0.4, 0.5) is 0 Å². The average Bonchev–Trinajstić information content (AvgIpc) is 2.56. The van der Waals surface area contributed by atoms with Gasteiger partial charge in [-0.15, -0.1) is 0 Å². The van der Waals surface area contributed by atoms with E-state index in [-0.39, 0.29) is 11.4 Å². The van der Waals surface area contributed by atoms with Crippen molar-refractivity contribution in [2.24, 2.45) is 4.99 Å². The van der Waals surface area contributed by atoms with Crippen LogP contribution in [0, 0.1) is 0 Å². The molecule has 0 spiro atoms. The number of nitrogens with zero attached hydrogens (tertiary/aromatic N) is 1. The minimum atomic E-state index is -0.998. The average molecular weight is 314 g/mol. The summed E-state index contributed by atoms with van der Waals surface area (Å²) in [7, 11) is 0. The molecule has 0 bridgehead atoms. The summed E-state index contributed by atoms with van der Waals surface area (Å²) in [6.07, 6.45) is 0. The van der Waals surface area contributed by atoms with Gasteiger partial charge in [0.1, 0.15) is 0 Å². The lowest BCUT2D eigenvalue weighted by Crippen LogP contribution is -2.47. The number of hydrogen-bond acceptors (Lipinski definition) is 3. The van der Waals surface area contributed by atoms with Crippen molar-refractivity contribution in [1.82, 2.24) is 10.6 Å². The number of carbonyl (C=O) groups excluding carboxylic acids is 1. The molecule has 1 atom stereocenters. The molecule has 1 aromatic rings. The van der Waals surface area contributed by atoms with E-state index in [0.717, 1.165) is 0 Å². The van der Waals surface area contributed by atoms with Crippen molar-refractivity contribution in [3.63, 3.8) is 0 Å². The summed E-state index contributed by atoms with van der Waals surface area (Å²) in [4.78, 5) is 16.7. The number of amides is 1. The SMILES string of the molecule is CC(C)(C)NC1=NC(C)(c2ccc(Cl)c(Cl)c2)C(=O)N1. The van der Waals surface area contributed by atoms with Crippen molar-refractivity contribution >= 4 is 35.1 Å². The van der Waals surface area contributed by atoms with E-state index in [2.05, 4.69) is 15.6 Å². The molecule has 1 aliphatic heterocycles. The van der Waals surface area contributed by atoms with E-state index in [1.165, 1.54) is 0 Å². The number of benzene rings is 1. The topological polar surface area (TPSA) is 53.5 Å². The van der Waals surface area contributed by atoms with Crippen molar-refractivity contribution in [2.45, 2.75) is 38.8 Å². The Bertz CT molecular complexity index is 593. The lowest BCUT2D eigenvalue weighted by atomic mass is 9.93. The maximum Gasteiger partial charge on any atom is 0.259 e. The van der Waals surface area contributed by atoms with Gasteiger partial charge in [0.15, 0.2) is 11.5 Å². The Hall–Kier alpha value is -1.26. The van der Waals surface area contributed by atoms with Gasteiger partial charge in [0.2, 0.25) is 0 Å². The van der Waals surface area contributed by atoms with E-state index in [4.69, 9.17) is 23.2 Å². The minimum absolute atomic E-state index is 0.186. The second-order valence-electron chi connectivity index (χ2n) is 5.99. The Balaban J connectivity index is 2.38. The zero-order chi connectivity index (χ0) is 15.1. The fourth-order valence-corrected chi connectivity index (χ4v) is 2.24. The molecule has 0 radical (unpaired) electrons. The lowest BCUT2D eigenvalue weighted by Gasteiger charge is -2.21. The van der Waals surface area contributed by atoms with Crippen LogP contribution < -0.4 is 10.6 Å². The predicted octanol–water partition coefficient (Wildman–Crippen LogP) is 3.08. The summed E-state index contributed by atoms with van der Waals surface area (Å²) >= 11 is 11.9. The van der Waals surface area contributed by atoms with Gasteiger partial charge in [-0.25, -0.2) is 4.99 Å². The maximum atomic E-state index is 12.2. The zero-order valence-electron chi connectivity index (χ0n) is 11.8. The van der Waals surface area contributed by atoms with E-state index in [0.29, 0.717) is 21.6 Å². The minimum Gasteiger partial charge on any atom is -0.351 e.